The minimum absolute atomic E-state index is 0. The first kappa shape index (κ1) is 24.4. The van der Waals surface area contributed by atoms with Gasteiger partial charge in [-0.3, -0.25) is 4.99 Å². The highest BCUT2D eigenvalue weighted by atomic mass is 127. The molecule has 156 valence electrons. The van der Waals surface area contributed by atoms with Gasteiger partial charge < -0.3 is 24.8 Å². The van der Waals surface area contributed by atoms with Gasteiger partial charge in [-0.25, -0.2) is 4.98 Å². The maximum atomic E-state index is 5.08. The number of ether oxygens (including phenoxy) is 1. The van der Waals surface area contributed by atoms with Gasteiger partial charge in [0, 0.05) is 65.9 Å². The molecule has 7 nitrogen and oxygen atoms in total. The highest BCUT2D eigenvalue weighted by molar-refractivity contribution is 14.0. The zero-order valence-corrected chi connectivity index (χ0v) is 19.4. The van der Waals surface area contributed by atoms with E-state index in [9.17, 15) is 0 Å². The van der Waals surface area contributed by atoms with Crippen LogP contribution >= 0.6 is 24.0 Å². The Morgan fingerprint density at radius 2 is 1.93 bits per heavy atom. The maximum absolute atomic E-state index is 5.08. The van der Waals surface area contributed by atoms with Crippen LogP contribution in [0.1, 0.15) is 17.5 Å². The Labute approximate surface area is 185 Å². The number of imidazole rings is 1. The van der Waals surface area contributed by atoms with Crippen LogP contribution in [0.2, 0.25) is 0 Å². The van der Waals surface area contributed by atoms with Crippen molar-refractivity contribution in [2.24, 2.45) is 4.99 Å². The Balaban J connectivity index is 0.00000392. The third-order valence-electron chi connectivity index (χ3n) is 4.31. The summed E-state index contributed by atoms with van der Waals surface area (Å²) in [5, 5.41) is 6.72. The van der Waals surface area contributed by atoms with Gasteiger partial charge in [-0.2, -0.15) is 0 Å². The van der Waals surface area contributed by atoms with E-state index in [1.807, 2.05) is 12.5 Å². The first-order valence-electron chi connectivity index (χ1n) is 9.37. The monoisotopic (exact) mass is 500 g/mol. The second-order valence-corrected chi connectivity index (χ2v) is 6.55. The van der Waals surface area contributed by atoms with Crippen molar-refractivity contribution in [3.8, 4) is 0 Å². The summed E-state index contributed by atoms with van der Waals surface area (Å²) >= 11 is 0. The summed E-state index contributed by atoms with van der Waals surface area (Å²) in [6, 6.07) is 8.61. The molecule has 1 heterocycles. The van der Waals surface area contributed by atoms with Gasteiger partial charge in [-0.1, -0.05) is 24.3 Å². The van der Waals surface area contributed by atoms with Crippen molar-refractivity contribution in [3.05, 3.63) is 54.1 Å². The zero-order chi connectivity index (χ0) is 19.3. The van der Waals surface area contributed by atoms with Crippen LogP contribution in [-0.4, -0.2) is 67.9 Å². The number of hydrogen-bond donors (Lipinski definition) is 2. The summed E-state index contributed by atoms with van der Waals surface area (Å²) in [6.07, 6.45) is 6.66. The van der Waals surface area contributed by atoms with Gasteiger partial charge in [-0.15, -0.1) is 24.0 Å². The van der Waals surface area contributed by atoms with E-state index in [0.717, 1.165) is 51.7 Å². The summed E-state index contributed by atoms with van der Waals surface area (Å²) in [4.78, 5) is 10.7. The third kappa shape index (κ3) is 9.52. The molecule has 2 N–H and O–H groups in total. The fourth-order valence-corrected chi connectivity index (χ4v) is 2.72. The Kier molecular flexibility index (Phi) is 12.5. The molecule has 0 spiro atoms. The van der Waals surface area contributed by atoms with Crippen LogP contribution in [0, 0.1) is 0 Å². The predicted molar refractivity (Wildman–Crippen MR) is 125 cm³/mol. The van der Waals surface area contributed by atoms with E-state index in [2.05, 4.69) is 61.4 Å². The molecule has 0 amide bonds. The first-order chi connectivity index (χ1) is 13.2. The van der Waals surface area contributed by atoms with E-state index in [1.54, 1.807) is 20.4 Å². The van der Waals surface area contributed by atoms with Gasteiger partial charge in [0.15, 0.2) is 5.96 Å². The number of nitrogens with zero attached hydrogens (tertiary/aromatic N) is 4. The molecule has 28 heavy (non-hydrogen) atoms. The highest BCUT2D eigenvalue weighted by Crippen LogP contribution is 2.06. The van der Waals surface area contributed by atoms with Crippen LogP contribution < -0.4 is 10.6 Å². The van der Waals surface area contributed by atoms with Crippen molar-refractivity contribution >= 4 is 29.9 Å². The van der Waals surface area contributed by atoms with E-state index in [0.29, 0.717) is 0 Å². The smallest absolute Gasteiger partial charge is 0.191 e. The highest BCUT2D eigenvalue weighted by Gasteiger charge is 2.02. The van der Waals surface area contributed by atoms with E-state index >= 15 is 0 Å². The van der Waals surface area contributed by atoms with Crippen molar-refractivity contribution in [1.82, 2.24) is 25.1 Å². The Bertz CT molecular complexity index is 660. The summed E-state index contributed by atoms with van der Waals surface area (Å²) in [7, 11) is 5.66. The molecule has 1 aromatic heterocycles. The number of guanidine groups is 1. The molecular formula is C20H33IN6O. The Hall–Kier alpha value is -1.65. The van der Waals surface area contributed by atoms with E-state index < -0.39 is 0 Å². The lowest BCUT2D eigenvalue weighted by atomic mass is 10.1. The average molecular weight is 500 g/mol. The lowest BCUT2D eigenvalue weighted by Crippen LogP contribution is -2.40. The molecule has 0 bridgehead atoms. The van der Waals surface area contributed by atoms with Crippen molar-refractivity contribution < 1.29 is 4.74 Å². The van der Waals surface area contributed by atoms with Gasteiger partial charge in [0.1, 0.15) is 0 Å². The molecule has 0 saturated carbocycles. The number of rotatable bonds is 11. The van der Waals surface area contributed by atoms with Crippen molar-refractivity contribution in [3.63, 3.8) is 0 Å². The largest absolute Gasteiger partial charge is 0.385 e. The van der Waals surface area contributed by atoms with Gasteiger partial charge in [0.25, 0.3) is 0 Å². The number of aliphatic imine (C=N–C) groups is 1. The second kappa shape index (κ2) is 14.4. The maximum Gasteiger partial charge on any atom is 0.191 e. The summed E-state index contributed by atoms with van der Waals surface area (Å²) in [5.74, 6) is 0.822. The quantitative estimate of drug-likeness (QED) is 0.214. The number of benzene rings is 1. The van der Waals surface area contributed by atoms with Crippen LogP contribution in [0.3, 0.4) is 0 Å². The standard InChI is InChI=1S/C20H32N6O.HI/c1-21-20(23-10-12-25(2)11-4-14-27-3)24-15-18-5-7-19(8-6-18)16-26-13-9-22-17-26;/h5-9,13,17H,4,10-12,14-16H2,1-3H3,(H2,21,23,24);1H. The second-order valence-electron chi connectivity index (χ2n) is 6.55. The van der Waals surface area contributed by atoms with Gasteiger partial charge in [-0.05, 0) is 24.6 Å². The number of hydrogen-bond acceptors (Lipinski definition) is 4. The topological polar surface area (TPSA) is 66.7 Å². The molecule has 8 heteroatoms. The average Bonchev–Trinajstić information content (AvgIpc) is 3.19. The Morgan fingerprint density at radius 1 is 1.18 bits per heavy atom. The van der Waals surface area contributed by atoms with E-state index in [-0.39, 0.29) is 24.0 Å². The number of likely N-dealkylation sites (N-methyl/N-ethyl adjacent to an activating group) is 1. The molecule has 0 atom stereocenters. The zero-order valence-electron chi connectivity index (χ0n) is 17.1. The SMILES string of the molecule is CN=C(NCCN(C)CCCOC)NCc1ccc(Cn2ccnc2)cc1.I. The molecule has 0 saturated heterocycles. The summed E-state index contributed by atoms with van der Waals surface area (Å²) in [6.45, 7) is 5.25. The lowest BCUT2D eigenvalue weighted by Gasteiger charge is -2.18. The molecule has 0 aliphatic rings. The first-order valence-corrected chi connectivity index (χ1v) is 9.37. The molecular weight excluding hydrogens is 467 g/mol. The van der Waals surface area contributed by atoms with E-state index in [1.165, 1.54) is 11.1 Å². The molecule has 0 fully saturated rings. The van der Waals surface area contributed by atoms with Gasteiger partial charge in [0.05, 0.1) is 6.33 Å². The fraction of sp³-hybridized carbons (Fsp3) is 0.500. The molecule has 1 aromatic carbocycles. The van der Waals surface area contributed by atoms with Crippen LogP contribution in [0.25, 0.3) is 0 Å². The number of halogens is 1. The minimum atomic E-state index is 0. The van der Waals surface area contributed by atoms with Crippen molar-refractivity contribution in [2.75, 3.05) is 47.4 Å². The number of methoxy groups -OCH3 is 1. The molecule has 0 aliphatic heterocycles. The summed E-state index contributed by atoms with van der Waals surface area (Å²) < 4.78 is 7.15. The predicted octanol–water partition coefficient (Wildman–Crippen LogP) is 2.18. The van der Waals surface area contributed by atoms with Crippen molar-refractivity contribution in [2.45, 2.75) is 19.5 Å². The number of nitrogens with one attached hydrogen (secondary N) is 2. The van der Waals surface area contributed by atoms with Crippen LogP contribution in [0.15, 0.2) is 48.0 Å². The molecule has 0 unspecified atom stereocenters. The van der Waals surface area contributed by atoms with E-state index in [4.69, 9.17) is 4.74 Å². The third-order valence-corrected chi connectivity index (χ3v) is 4.31. The van der Waals surface area contributed by atoms with Crippen LogP contribution in [0.4, 0.5) is 0 Å². The normalized spacial score (nSPS) is 11.4. The Morgan fingerprint density at radius 3 is 2.57 bits per heavy atom. The van der Waals surface area contributed by atoms with Gasteiger partial charge in [0.2, 0.25) is 0 Å². The molecule has 2 aromatic rings. The minimum Gasteiger partial charge on any atom is -0.385 e. The summed E-state index contributed by atoms with van der Waals surface area (Å²) in [5.41, 5.74) is 2.49. The van der Waals surface area contributed by atoms with Crippen LogP contribution in [0.5, 0.6) is 0 Å². The number of aromatic nitrogens is 2. The molecule has 0 aliphatic carbocycles. The van der Waals surface area contributed by atoms with Crippen molar-refractivity contribution in [1.29, 1.82) is 0 Å². The van der Waals surface area contributed by atoms with Crippen LogP contribution in [-0.2, 0) is 17.8 Å². The molecule has 2 rings (SSSR count). The molecule has 0 radical (unpaired) electrons. The lowest BCUT2D eigenvalue weighted by molar-refractivity contribution is 0.180. The fourth-order valence-electron chi connectivity index (χ4n) is 2.72. The van der Waals surface area contributed by atoms with Gasteiger partial charge >= 0.3 is 0 Å².